The molecule has 1 aliphatic rings. The lowest BCUT2D eigenvalue weighted by atomic mass is 10.00. The maximum atomic E-state index is 12.3. The molecule has 0 saturated carbocycles. The number of hydrogen-bond donors (Lipinski definition) is 1. The Bertz CT molecular complexity index is 857. The number of carbonyl (C=O) groups excluding carboxylic acids is 2. The van der Waals surface area contributed by atoms with Crippen LogP contribution in [0.5, 0.6) is 11.6 Å². The van der Waals surface area contributed by atoms with Crippen molar-refractivity contribution in [3.63, 3.8) is 0 Å². The Morgan fingerprint density at radius 2 is 1.93 bits per heavy atom. The molecule has 0 fully saturated rings. The number of hydrogen-bond acceptors (Lipinski definition) is 5. The van der Waals surface area contributed by atoms with Crippen LogP contribution >= 0.6 is 0 Å². The summed E-state index contributed by atoms with van der Waals surface area (Å²) in [5, 5.41) is 0. The van der Waals surface area contributed by atoms with E-state index in [2.05, 4.69) is 4.98 Å². The zero-order chi connectivity index (χ0) is 19.6. The molecule has 2 N–H and O–H groups in total. The van der Waals surface area contributed by atoms with Gasteiger partial charge in [0.15, 0.2) is 0 Å². The minimum atomic E-state index is -0.537. The fraction of sp³-hybridized carbons (Fsp3) is 0.350. The van der Waals surface area contributed by atoms with Crippen LogP contribution in [0, 0.1) is 0 Å². The molecule has 27 heavy (non-hydrogen) atoms. The van der Waals surface area contributed by atoms with Crippen molar-refractivity contribution in [3.05, 3.63) is 53.2 Å². The van der Waals surface area contributed by atoms with E-state index in [1.165, 1.54) is 11.8 Å². The van der Waals surface area contributed by atoms with E-state index in [1.54, 1.807) is 17.0 Å². The molecule has 7 nitrogen and oxygen atoms in total. The summed E-state index contributed by atoms with van der Waals surface area (Å²) in [5.74, 6) is 0.434. The van der Waals surface area contributed by atoms with Crippen LogP contribution in [0.2, 0.25) is 0 Å². The first kappa shape index (κ1) is 18.7. The van der Waals surface area contributed by atoms with Crippen LogP contribution in [0.25, 0.3) is 0 Å². The molecular weight excluding hydrogens is 346 g/mol. The van der Waals surface area contributed by atoms with E-state index in [-0.39, 0.29) is 6.09 Å². The van der Waals surface area contributed by atoms with Gasteiger partial charge in [0.2, 0.25) is 11.8 Å². The van der Waals surface area contributed by atoms with Crippen LogP contribution in [0.3, 0.4) is 0 Å². The second-order valence-electron chi connectivity index (χ2n) is 7.43. The van der Waals surface area contributed by atoms with Crippen LogP contribution in [0.15, 0.2) is 36.5 Å². The summed E-state index contributed by atoms with van der Waals surface area (Å²) < 4.78 is 11.2. The van der Waals surface area contributed by atoms with E-state index >= 15 is 0 Å². The SMILES string of the molecule is CC(C)(C)OC(=O)N1CCc2ccc(Oc3ccc(C(N)=O)cn3)cc2C1. The number of fused-ring (bicyclic) bond motifs is 1. The van der Waals surface area contributed by atoms with E-state index < -0.39 is 11.5 Å². The topological polar surface area (TPSA) is 94.7 Å². The smallest absolute Gasteiger partial charge is 0.410 e. The van der Waals surface area contributed by atoms with Crippen molar-refractivity contribution >= 4 is 12.0 Å². The van der Waals surface area contributed by atoms with Gasteiger partial charge < -0.3 is 20.1 Å². The number of rotatable bonds is 3. The minimum absolute atomic E-state index is 0.317. The van der Waals surface area contributed by atoms with Crippen LogP contribution in [-0.4, -0.2) is 34.0 Å². The molecule has 0 radical (unpaired) electrons. The Kier molecular flexibility index (Phi) is 5.03. The van der Waals surface area contributed by atoms with Crippen molar-refractivity contribution < 1.29 is 19.1 Å². The molecule has 2 heterocycles. The van der Waals surface area contributed by atoms with Gasteiger partial charge in [-0.3, -0.25) is 4.79 Å². The molecule has 0 saturated heterocycles. The third kappa shape index (κ3) is 4.75. The maximum absolute atomic E-state index is 12.3. The van der Waals surface area contributed by atoms with Crippen LogP contribution in [-0.2, 0) is 17.7 Å². The summed E-state index contributed by atoms with van der Waals surface area (Å²) in [6.45, 7) is 6.65. The van der Waals surface area contributed by atoms with Gasteiger partial charge in [0.1, 0.15) is 11.4 Å². The van der Waals surface area contributed by atoms with Gasteiger partial charge in [-0.25, -0.2) is 9.78 Å². The van der Waals surface area contributed by atoms with E-state index in [1.807, 2.05) is 39.0 Å². The highest BCUT2D eigenvalue weighted by atomic mass is 16.6. The summed E-state index contributed by atoms with van der Waals surface area (Å²) >= 11 is 0. The molecule has 142 valence electrons. The first-order valence-electron chi connectivity index (χ1n) is 8.75. The molecule has 0 bridgehead atoms. The van der Waals surface area contributed by atoms with Gasteiger partial charge in [0.25, 0.3) is 0 Å². The lowest BCUT2D eigenvalue weighted by Gasteiger charge is -2.31. The quantitative estimate of drug-likeness (QED) is 0.896. The summed E-state index contributed by atoms with van der Waals surface area (Å²) in [6.07, 6.45) is 1.82. The normalized spacial score (nSPS) is 13.7. The molecule has 2 amide bonds. The van der Waals surface area contributed by atoms with Crippen LogP contribution in [0.4, 0.5) is 4.79 Å². The molecule has 7 heteroatoms. The number of aromatic nitrogens is 1. The summed E-state index contributed by atoms with van der Waals surface area (Å²) in [5.41, 5.74) is 7.20. The highest BCUT2D eigenvalue weighted by Crippen LogP contribution is 2.27. The predicted octanol–water partition coefficient (Wildman–Crippen LogP) is 3.27. The Morgan fingerprint density at radius 1 is 1.15 bits per heavy atom. The lowest BCUT2D eigenvalue weighted by Crippen LogP contribution is -2.39. The number of primary amides is 1. The summed E-state index contributed by atoms with van der Waals surface area (Å²) in [6, 6.07) is 8.91. The van der Waals surface area contributed by atoms with Crippen molar-refractivity contribution in [2.75, 3.05) is 6.54 Å². The monoisotopic (exact) mass is 369 g/mol. The van der Waals surface area contributed by atoms with E-state index in [9.17, 15) is 9.59 Å². The average Bonchev–Trinajstić information content (AvgIpc) is 2.60. The van der Waals surface area contributed by atoms with Gasteiger partial charge in [-0.15, -0.1) is 0 Å². The van der Waals surface area contributed by atoms with Gasteiger partial charge in [0.05, 0.1) is 5.56 Å². The molecular formula is C20H23N3O4. The third-order valence-electron chi connectivity index (χ3n) is 4.08. The van der Waals surface area contributed by atoms with Gasteiger partial charge in [-0.1, -0.05) is 6.07 Å². The first-order chi connectivity index (χ1) is 12.7. The lowest BCUT2D eigenvalue weighted by molar-refractivity contribution is 0.0223. The number of nitrogens with two attached hydrogens (primary N) is 1. The number of ether oxygens (including phenoxy) is 2. The fourth-order valence-corrected chi connectivity index (χ4v) is 2.79. The number of amides is 2. The predicted molar refractivity (Wildman–Crippen MR) is 99.6 cm³/mol. The largest absolute Gasteiger partial charge is 0.444 e. The maximum Gasteiger partial charge on any atom is 0.410 e. The van der Waals surface area contributed by atoms with Gasteiger partial charge in [-0.2, -0.15) is 0 Å². The molecule has 1 aromatic carbocycles. The number of nitrogens with zero attached hydrogens (tertiary/aromatic N) is 2. The molecule has 0 unspecified atom stereocenters. The van der Waals surface area contributed by atoms with Crippen molar-refractivity contribution in [1.82, 2.24) is 9.88 Å². The van der Waals surface area contributed by atoms with Gasteiger partial charge >= 0.3 is 6.09 Å². The standard InChI is InChI=1S/C20H23N3O4/c1-20(2,3)27-19(25)23-9-8-13-4-6-16(10-15(13)12-23)26-17-7-5-14(11-22-17)18(21)24/h4-7,10-11H,8-9,12H2,1-3H3,(H2,21,24). The van der Waals surface area contributed by atoms with Crippen molar-refractivity contribution in [2.45, 2.75) is 39.3 Å². The van der Waals surface area contributed by atoms with Gasteiger partial charge in [-0.05, 0) is 56.5 Å². The molecule has 1 aliphatic heterocycles. The van der Waals surface area contributed by atoms with E-state index in [0.29, 0.717) is 30.3 Å². The zero-order valence-corrected chi connectivity index (χ0v) is 15.7. The minimum Gasteiger partial charge on any atom is -0.444 e. The molecule has 3 rings (SSSR count). The average molecular weight is 369 g/mol. The molecule has 0 aliphatic carbocycles. The Morgan fingerprint density at radius 3 is 2.56 bits per heavy atom. The second-order valence-corrected chi connectivity index (χ2v) is 7.43. The molecule has 0 spiro atoms. The molecule has 0 atom stereocenters. The van der Waals surface area contributed by atoms with Crippen molar-refractivity contribution in [3.8, 4) is 11.6 Å². The van der Waals surface area contributed by atoms with E-state index in [0.717, 1.165) is 12.0 Å². The zero-order valence-electron chi connectivity index (χ0n) is 15.7. The number of carbonyl (C=O) groups is 2. The molecule has 2 aromatic rings. The number of pyridine rings is 1. The van der Waals surface area contributed by atoms with Crippen LogP contribution < -0.4 is 10.5 Å². The third-order valence-corrected chi connectivity index (χ3v) is 4.08. The van der Waals surface area contributed by atoms with E-state index in [4.69, 9.17) is 15.2 Å². The fourth-order valence-electron chi connectivity index (χ4n) is 2.79. The second kappa shape index (κ2) is 7.26. The Hall–Kier alpha value is -3.09. The summed E-state index contributed by atoms with van der Waals surface area (Å²) in [7, 11) is 0. The van der Waals surface area contributed by atoms with Gasteiger partial charge in [0, 0.05) is 25.4 Å². The molecule has 1 aromatic heterocycles. The van der Waals surface area contributed by atoms with Crippen molar-refractivity contribution in [2.24, 2.45) is 5.73 Å². The van der Waals surface area contributed by atoms with Crippen LogP contribution in [0.1, 0.15) is 42.3 Å². The highest BCUT2D eigenvalue weighted by molar-refractivity contribution is 5.92. The highest BCUT2D eigenvalue weighted by Gasteiger charge is 2.25. The Balaban J connectivity index is 1.72. The van der Waals surface area contributed by atoms with Crippen molar-refractivity contribution in [1.29, 1.82) is 0 Å². The Labute approximate surface area is 158 Å². The first-order valence-corrected chi connectivity index (χ1v) is 8.75. The summed E-state index contributed by atoms with van der Waals surface area (Å²) in [4.78, 5) is 29.2. The number of benzene rings is 1.